The molecule has 24 heavy (non-hydrogen) atoms. The van der Waals surface area contributed by atoms with Gasteiger partial charge in [0.2, 0.25) is 11.8 Å². The largest absolute Gasteiger partial charge is 0.387 e. The Morgan fingerprint density at radius 1 is 1.04 bits per heavy atom. The second-order valence-electron chi connectivity index (χ2n) is 7.00. The molecule has 6 heteroatoms. The van der Waals surface area contributed by atoms with Crippen molar-refractivity contribution >= 4 is 11.8 Å². The van der Waals surface area contributed by atoms with Crippen LogP contribution in [0.4, 0.5) is 8.78 Å². The third-order valence-electron chi connectivity index (χ3n) is 5.25. The summed E-state index contributed by atoms with van der Waals surface area (Å²) in [5.74, 6) is -2.64. The molecule has 1 saturated carbocycles. The van der Waals surface area contributed by atoms with Crippen LogP contribution in [-0.2, 0) is 9.59 Å². The van der Waals surface area contributed by atoms with Crippen LogP contribution in [0.2, 0.25) is 0 Å². The molecule has 1 aliphatic heterocycles. The molecule has 1 aliphatic carbocycles. The van der Waals surface area contributed by atoms with Crippen molar-refractivity contribution in [1.29, 1.82) is 0 Å². The van der Waals surface area contributed by atoms with Crippen LogP contribution in [0.3, 0.4) is 0 Å². The SMILES string of the molecule is O=C1CC2(CCCCC2)CC(=O)N1CC(O)c1ccc(F)c(F)c1. The van der Waals surface area contributed by atoms with Gasteiger partial charge in [0, 0.05) is 12.8 Å². The number of halogens is 2. The van der Waals surface area contributed by atoms with Crippen molar-refractivity contribution in [2.75, 3.05) is 6.54 Å². The zero-order chi connectivity index (χ0) is 17.3. The van der Waals surface area contributed by atoms with Gasteiger partial charge in [-0.3, -0.25) is 14.5 Å². The number of carbonyl (C=O) groups excluding carboxylic acids is 2. The molecule has 2 fully saturated rings. The van der Waals surface area contributed by atoms with Gasteiger partial charge in [0.1, 0.15) is 0 Å². The summed E-state index contributed by atoms with van der Waals surface area (Å²) >= 11 is 0. The number of piperidine rings is 1. The van der Waals surface area contributed by atoms with Crippen LogP contribution >= 0.6 is 0 Å². The topological polar surface area (TPSA) is 57.6 Å². The van der Waals surface area contributed by atoms with E-state index in [1.54, 1.807) is 0 Å². The fourth-order valence-electron chi connectivity index (χ4n) is 3.89. The second-order valence-corrected chi connectivity index (χ2v) is 7.00. The van der Waals surface area contributed by atoms with Crippen molar-refractivity contribution in [1.82, 2.24) is 4.90 Å². The highest BCUT2D eigenvalue weighted by Gasteiger charge is 2.44. The van der Waals surface area contributed by atoms with Gasteiger partial charge in [-0.15, -0.1) is 0 Å². The maximum Gasteiger partial charge on any atom is 0.229 e. The van der Waals surface area contributed by atoms with E-state index in [4.69, 9.17) is 0 Å². The van der Waals surface area contributed by atoms with Gasteiger partial charge in [-0.05, 0) is 36.0 Å². The van der Waals surface area contributed by atoms with E-state index in [1.165, 1.54) is 6.07 Å². The Kier molecular flexibility index (Phi) is 4.67. The molecule has 3 rings (SSSR count). The van der Waals surface area contributed by atoms with Gasteiger partial charge < -0.3 is 5.11 Å². The normalized spacial score (nSPS) is 22.0. The molecule has 1 N–H and O–H groups in total. The number of hydrogen-bond donors (Lipinski definition) is 1. The number of hydrogen-bond acceptors (Lipinski definition) is 3. The van der Waals surface area contributed by atoms with E-state index in [0.717, 1.165) is 49.1 Å². The van der Waals surface area contributed by atoms with Crippen LogP contribution in [0.5, 0.6) is 0 Å². The first-order valence-corrected chi connectivity index (χ1v) is 8.36. The molecule has 1 atom stereocenters. The van der Waals surface area contributed by atoms with Gasteiger partial charge in [-0.2, -0.15) is 0 Å². The van der Waals surface area contributed by atoms with Crippen molar-refractivity contribution < 1.29 is 23.5 Å². The number of aliphatic hydroxyl groups is 1. The van der Waals surface area contributed by atoms with E-state index >= 15 is 0 Å². The van der Waals surface area contributed by atoms with Crippen LogP contribution in [0.15, 0.2) is 18.2 Å². The summed E-state index contributed by atoms with van der Waals surface area (Å²) in [5.41, 5.74) is -0.0667. The molecule has 1 unspecified atom stereocenters. The number of benzene rings is 1. The van der Waals surface area contributed by atoms with Crippen LogP contribution in [0, 0.1) is 17.0 Å². The van der Waals surface area contributed by atoms with Crippen molar-refractivity contribution in [2.45, 2.75) is 51.0 Å². The minimum atomic E-state index is -1.23. The summed E-state index contributed by atoms with van der Waals surface area (Å²) in [4.78, 5) is 25.9. The molecule has 0 radical (unpaired) electrons. The van der Waals surface area contributed by atoms with Gasteiger partial charge >= 0.3 is 0 Å². The van der Waals surface area contributed by atoms with E-state index < -0.39 is 17.7 Å². The number of rotatable bonds is 3. The molecule has 1 saturated heterocycles. The smallest absolute Gasteiger partial charge is 0.229 e. The fraction of sp³-hybridized carbons (Fsp3) is 0.556. The number of amides is 2. The summed E-state index contributed by atoms with van der Waals surface area (Å²) in [7, 11) is 0. The fourth-order valence-corrected chi connectivity index (χ4v) is 3.89. The number of imide groups is 1. The quantitative estimate of drug-likeness (QED) is 0.862. The van der Waals surface area contributed by atoms with E-state index in [1.807, 2.05) is 0 Å². The van der Waals surface area contributed by atoms with Gasteiger partial charge in [-0.25, -0.2) is 8.78 Å². The van der Waals surface area contributed by atoms with Crippen LogP contribution < -0.4 is 0 Å². The lowest BCUT2D eigenvalue weighted by atomic mass is 9.67. The van der Waals surface area contributed by atoms with Gasteiger partial charge in [-0.1, -0.05) is 25.3 Å². The van der Waals surface area contributed by atoms with Crippen molar-refractivity contribution in [3.63, 3.8) is 0 Å². The first-order chi connectivity index (χ1) is 11.4. The third-order valence-corrected chi connectivity index (χ3v) is 5.25. The molecule has 2 amide bonds. The molecular formula is C18H21F2NO3. The Labute approximate surface area is 139 Å². The predicted molar refractivity (Wildman–Crippen MR) is 82.8 cm³/mol. The van der Waals surface area contributed by atoms with E-state index in [0.29, 0.717) is 12.8 Å². The van der Waals surface area contributed by atoms with Crippen LogP contribution in [0.25, 0.3) is 0 Å². The Morgan fingerprint density at radius 2 is 1.67 bits per heavy atom. The molecule has 0 aromatic heterocycles. The Morgan fingerprint density at radius 3 is 2.25 bits per heavy atom. The minimum Gasteiger partial charge on any atom is -0.387 e. The number of β-amino-alcohol motifs (C(OH)–C–C–N with tert-alkyl or cyclic N) is 1. The summed E-state index contributed by atoms with van der Waals surface area (Å²) in [6, 6.07) is 3.07. The standard InChI is InChI=1S/C18H21F2NO3/c19-13-5-4-12(8-14(13)20)15(22)11-21-16(23)9-18(10-17(21)24)6-2-1-3-7-18/h4-5,8,15,22H,1-3,6-7,9-11H2. The molecule has 1 spiro atoms. The summed E-state index contributed by atoms with van der Waals surface area (Å²) < 4.78 is 26.2. The first-order valence-electron chi connectivity index (χ1n) is 8.36. The molecule has 2 aliphatic rings. The van der Waals surface area contributed by atoms with Gasteiger partial charge in [0.05, 0.1) is 12.6 Å². The van der Waals surface area contributed by atoms with Gasteiger partial charge in [0.15, 0.2) is 11.6 Å². The molecule has 1 heterocycles. The summed E-state index contributed by atoms with van der Waals surface area (Å²) in [6.45, 7) is -0.223. The number of nitrogens with zero attached hydrogens (tertiary/aromatic N) is 1. The Hall–Kier alpha value is -1.82. The lowest BCUT2D eigenvalue weighted by molar-refractivity contribution is -0.156. The lowest BCUT2D eigenvalue weighted by Gasteiger charge is -2.42. The monoisotopic (exact) mass is 337 g/mol. The minimum absolute atomic E-state index is 0.146. The summed E-state index contributed by atoms with van der Waals surface area (Å²) in [5, 5.41) is 10.2. The van der Waals surface area contributed by atoms with Crippen LogP contribution in [0.1, 0.15) is 56.6 Å². The highest BCUT2D eigenvalue weighted by molar-refractivity contribution is 5.98. The molecule has 130 valence electrons. The predicted octanol–water partition coefficient (Wildman–Crippen LogP) is 3.10. The summed E-state index contributed by atoms with van der Waals surface area (Å²) in [6.07, 6.45) is 4.42. The second kappa shape index (κ2) is 6.59. The van der Waals surface area contributed by atoms with Gasteiger partial charge in [0.25, 0.3) is 0 Å². The lowest BCUT2D eigenvalue weighted by Crippen LogP contribution is -2.49. The highest BCUT2D eigenvalue weighted by Crippen LogP contribution is 2.45. The first kappa shape index (κ1) is 17.0. The third kappa shape index (κ3) is 3.34. The van der Waals surface area contributed by atoms with E-state index in [9.17, 15) is 23.5 Å². The molecule has 1 aromatic carbocycles. The average Bonchev–Trinajstić information content (AvgIpc) is 2.54. The molecular weight excluding hydrogens is 316 g/mol. The zero-order valence-electron chi connectivity index (χ0n) is 13.4. The molecule has 0 bridgehead atoms. The number of likely N-dealkylation sites (tertiary alicyclic amines) is 1. The van der Waals surface area contributed by atoms with Crippen LogP contribution in [-0.4, -0.2) is 28.4 Å². The maximum absolute atomic E-state index is 13.3. The van der Waals surface area contributed by atoms with E-state index in [-0.39, 0.29) is 29.3 Å². The Bertz CT molecular complexity index is 636. The Balaban J connectivity index is 1.70. The van der Waals surface area contributed by atoms with Crippen molar-refractivity contribution in [2.24, 2.45) is 5.41 Å². The number of aliphatic hydroxyl groups excluding tert-OH is 1. The number of carbonyl (C=O) groups is 2. The average molecular weight is 337 g/mol. The van der Waals surface area contributed by atoms with Crippen molar-refractivity contribution in [3.8, 4) is 0 Å². The highest BCUT2D eigenvalue weighted by atomic mass is 19.2. The van der Waals surface area contributed by atoms with Crippen molar-refractivity contribution in [3.05, 3.63) is 35.4 Å². The zero-order valence-corrected chi connectivity index (χ0v) is 13.4. The maximum atomic E-state index is 13.3. The molecule has 1 aromatic rings. The van der Waals surface area contributed by atoms with E-state index in [2.05, 4.69) is 0 Å². The molecule has 4 nitrogen and oxygen atoms in total.